The number of halogens is 1. The lowest BCUT2D eigenvalue weighted by molar-refractivity contribution is -0.123. The average molecular weight is 489 g/mol. The van der Waals surface area contributed by atoms with Crippen LogP contribution in [0.15, 0.2) is 78.9 Å². The normalized spacial score (nSPS) is 18.0. The minimum atomic E-state index is -0.900. The highest BCUT2D eigenvalue weighted by molar-refractivity contribution is 5.90. The summed E-state index contributed by atoms with van der Waals surface area (Å²) >= 11 is 0. The molecule has 3 aromatic carbocycles. The molecule has 188 valence electrons. The quantitative estimate of drug-likeness (QED) is 0.436. The zero-order valence-corrected chi connectivity index (χ0v) is 20.4. The Labute approximate surface area is 211 Å². The highest BCUT2D eigenvalue weighted by Gasteiger charge is 2.49. The molecule has 0 atom stereocenters. The van der Waals surface area contributed by atoms with Crippen molar-refractivity contribution in [2.45, 2.75) is 55.6 Å². The van der Waals surface area contributed by atoms with Gasteiger partial charge in [0.05, 0.1) is 5.41 Å². The second-order valence-electron chi connectivity index (χ2n) is 10.2. The Hall–Kier alpha value is -3.38. The lowest BCUT2D eigenvalue weighted by atomic mass is 9.68. The van der Waals surface area contributed by atoms with E-state index in [1.165, 1.54) is 12.1 Å². The van der Waals surface area contributed by atoms with Gasteiger partial charge >= 0.3 is 0 Å². The van der Waals surface area contributed by atoms with E-state index in [1.54, 1.807) is 6.07 Å². The van der Waals surface area contributed by atoms with Crippen LogP contribution < -0.4 is 10.5 Å². The molecule has 0 aromatic heterocycles. The second-order valence-corrected chi connectivity index (χ2v) is 10.2. The van der Waals surface area contributed by atoms with Crippen molar-refractivity contribution in [3.05, 3.63) is 95.8 Å². The molecule has 5 rings (SSSR count). The number of rotatable bonds is 9. The van der Waals surface area contributed by atoms with E-state index in [0.717, 1.165) is 56.3 Å². The van der Waals surface area contributed by atoms with Gasteiger partial charge in [-0.3, -0.25) is 9.69 Å². The maximum absolute atomic E-state index is 13.7. The Morgan fingerprint density at radius 2 is 1.58 bits per heavy atom. The fourth-order valence-corrected chi connectivity index (χ4v) is 6.14. The fraction of sp³-hybridized carbons (Fsp3) is 0.367. The van der Waals surface area contributed by atoms with E-state index in [9.17, 15) is 14.3 Å². The number of primary amides is 1. The number of carbonyl (C=O) groups is 1. The van der Waals surface area contributed by atoms with Gasteiger partial charge in [0.25, 0.3) is 0 Å². The number of nitrogens with zero attached hydrogens (tertiary/aromatic N) is 1. The molecule has 0 spiro atoms. The zero-order chi connectivity index (χ0) is 25.2. The summed E-state index contributed by atoms with van der Waals surface area (Å²) < 4.78 is 19.7. The van der Waals surface area contributed by atoms with Crippen LogP contribution in [0.25, 0.3) is 0 Å². The molecule has 0 unspecified atom stereocenters. The maximum atomic E-state index is 13.7. The van der Waals surface area contributed by atoms with Crippen molar-refractivity contribution in [2.75, 3.05) is 13.1 Å². The van der Waals surface area contributed by atoms with Crippen LogP contribution in [0.3, 0.4) is 0 Å². The molecule has 2 aliphatic rings. The van der Waals surface area contributed by atoms with E-state index in [2.05, 4.69) is 4.90 Å². The number of nitrogens with two attached hydrogens (primary N) is 1. The molecule has 2 fully saturated rings. The number of phenols is 1. The van der Waals surface area contributed by atoms with E-state index in [-0.39, 0.29) is 23.3 Å². The van der Waals surface area contributed by atoms with Gasteiger partial charge in [-0.25, -0.2) is 4.39 Å². The standard InChI is InChI=1S/C30H33FN2O3/c31-26-19-24(13-14-27(26)34)36-25-20-33(21-25)29(15-7-8-16-29)17-18-30(28(32)35,22-9-3-1-4-10-22)23-11-5-2-6-12-23/h1-6,9-14,19,25,34H,7-8,15-18,20-21H2,(H2,32,35). The van der Waals surface area contributed by atoms with Crippen molar-refractivity contribution in [1.29, 1.82) is 0 Å². The van der Waals surface area contributed by atoms with Crippen molar-refractivity contribution in [3.63, 3.8) is 0 Å². The summed E-state index contributed by atoms with van der Waals surface area (Å²) in [6, 6.07) is 23.9. The van der Waals surface area contributed by atoms with Crippen LogP contribution in [-0.2, 0) is 10.2 Å². The minimum Gasteiger partial charge on any atom is -0.505 e. The topological polar surface area (TPSA) is 75.8 Å². The fourth-order valence-electron chi connectivity index (χ4n) is 6.14. The summed E-state index contributed by atoms with van der Waals surface area (Å²) in [6.45, 7) is 1.51. The first kappa shape index (κ1) is 24.3. The molecule has 0 bridgehead atoms. The van der Waals surface area contributed by atoms with Crippen LogP contribution in [0.5, 0.6) is 11.5 Å². The van der Waals surface area contributed by atoms with E-state index in [1.807, 2.05) is 60.7 Å². The van der Waals surface area contributed by atoms with Crippen molar-refractivity contribution in [3.8, 4) is 11.5 Å². The number of aromatic hydroxyl groups is 1. The molecule has 5 nitrogen and oxygen atoms in total. The zero-order valence-electron chi connectivity index (χ0n) is 20.4. The molecule has 1 amide bonds. The number of amides is 1. The van der Waals surface area contributed by atoms with Crippen LogP contribution in [0, 0.1) is 5.82 Å². The van der Waals surface area contributed by atoms with Gasteiger partial charge in [0.15, 0.2) is 11.6 Å². The van der Waals surface area contributed by atoms with Crippen LogP contribution in [0.2, 0.25) is 0 Å². The van der Waals surface area contributed by atoms with Gasteiger partial charge in [0.2, 0.25) is 5.91 Å². The first-order chi connectivity index (χ1) is 17.4. The number of likely N-dealkylation sites (tertiary alicyclic amines) is 1. The molecule has 1 aliphatic carbocycles. The highest BCUT2D eigenvalue weighted by atomic mass is 19.1. The third-order valence-electron chi connectivity index (χ3n) is 8.19. The predicted molar refractivity (Wildman–Crippen MR) is 137 cm³/mol. The molecular formula is C30H33FN2O3. The summed E-state index contributed by atoms with van der Waals surface area (Å²) in [5.41, 5.74) is 7.14. The number of hydrogen-bond acceptors (Lipinski definition) is 4. The molecule has 6 heteroatoms. The number of ether oxygens (including phenoxy) is 1. The molecule has 1 saturated heterocycles. The number of phenolic OH excluding ortho intramolecular Hbond substituents is 1. The van der Waals surface area contributed by atoms with Gasteiger partial charge in [0, 0.05) is 24.7 Å². The molecular weight excluding hydrogens is 455 g/mol. The van der Waals surface area contributed by atoms with Crippen LogP contribution in [0.4, 0.5) is 4.39 Å². The van der Waals surface area contributed by atoms with Crippen molar-refractivity contribution >= 4 is 5.91 Å². The maximum Gasteiger partial charge on any atom is 0.232 e. The first-order valence-corrected chi connectivity index (χ1v) is 12.7. The third-order valence-corrected chi connectivity index (χ3v) is 8.19. The molecule has 3 aromatic rings. The molecule has 3 N–H and O–H groups in total. The molecule has 36 heavy (non-hydrogen) atoms. The van der Waals surface area contributed by atoms with E-state index in [4.69, 9.17) is 10.5 Å². The highest BCUT2D eigenvalue weighted by Crippen LogP contribution is 2.46. The minimum absolute atomic E-state index is 0.00960. The van der Waals surface area contributed by atoms with E-state index >= 15 is 0 Å². The largest absolute Gasteiger partial charge is 0.505 e. The Morgan fingerprint density at radius 3 is 2.11 bits per heavy atom. The predicted octanol–water partition coefficient (Wildman–Crippen LogP) is 5.16. The van der Waals surface area contributed by atoms with Gasteiger partial charge in [-0.2, -0.15) is 0 Å². The summed E-state index contributed by atoms with van der Waals surface area (Å²) in [4.78, 5) is 15.7. The van der Waals surface area contributed by atoms with Gasteiger partial charge in [0.1, 0.15) is 11.9 Å². The first-order valence-electron chi connectivity index (χ1n) is 12.7. The van der Waals surface area contributed by atoms with Gasteiger partial charge < -0.3 is 15.6 Å². The lowest BCUT2D eigenvalue weighted by Gasteiger charge is -2.51. The van der Waals surface area contributed by atoms with Crippen molar-refractivity contribution < 1.29 is 19.0 Å². The smallest absolute Gasteiger partial charge is 0.232 e. The summed E-state index contributed by atoms with van der Waals surface area (Å²) in [5.74, 6) is -0.957. The lowest BCUT2D eigenvalue weighted by Crippen LogP contribution is -2.63. The van der Waals surface area contributed by atoms with Crippen molar-refractivity contribution in [2.24, 2.45) is 5.73 Å². The summed E-state index contributed by atoms with van der Waals surface area (Å²) in [6.07, 6.45) is 5.91. The number of benzene rings is 3. The van der Waals surface area contributed by atoms with Crippen molar-refractivity contribution in [1.82, 2.24) is 4.90 Å². The third kappa shape index (κ3) is 4.46. The van der Waals surface area contributed by atoms with E-state index < -0.39 is 11.2 Å². The Kier molecular flexibility index (Phi) is 6.71. The molecule has 1 heterocycles. The molecule has 1 aliphatic heterocycles. The monoisotopic (exact) mass is 488 g/mol. The summed E-state index contributed by atoms with van der Waals surface area (Å²) in [7, 11) is 0. The van der Waals surface area contributed by atoms with Gasteiger partial charge in [-0.15, -0.1) is 0 Å². The van der Waals surface area contributed by atoms with Gasteiger partial charge in [-0.1, -0.05) is 73.5 Å². The average Bonchev–Trinajstić information content (AvgIpc) is 3.34. The number of hydrogen-bond donors (Lipinski definition) is 2. The number of carbonyl (C=O) groups excluding carboxylic acids is 1. The molecule has 1 saturated carbocycles. The van der Waals surface area contributed by atoms with Crippen LogP contribution in [-0.4, -0.2) is 40.6 Å². The summed E-state index contributed by atoms with van der Waals surface area (Å²) in [5, 5.41) is 9.43. The second kappa shape index (κ2) is 9.94. The molecule has 0 radical (unpaired) electrons. The Bertz CT molecular complexity index is 1150. The van der Waals surface area contributed by atoms with Crippen LogP contribution >= 0.6 is 0 Å². The van der Waals surface area contributed by atoms with Crippen LogP contribution in [0.1, 0.15) is 49.7 Å². The Morgan fingerprint density at radius 1 is 1.00 bits per heavy atom. The van der Waals surface area contributed by atoms with Gasteiger partial charge in [-0.05, 0) is 48.9 Å². The SMILES string of the molecule is NC(=O)C(CCC1(N2CC(Oc3ccc(O)c(F)c3)C2)CCCC1)(c1ccccc1)c1ccccc1. The Balaban J connectivity index is 1.36. The van der Waals surface area contributed by atoms with E-state index in [0.29, 0.717) is 12.2 Å².